The molecule has 1 aromatic carbocycles. The van der Waals surface area contributed by atoms with Crippen LogP contribution in [-0.2, 0) is 4.79 Å². The van der Waals surface area contributed by atoms with Crippen LogP contribution in [0.2, 0.25) is 0 Å². The van der Waals surface area contributed by atoms with Crippen LogP contribution < -0.4 is 11.2 Å². The molecule has 0 aliphatic carbocycles. The molecule has 1 amide bonds. The van der Waals surface area contributed by atoms with Crippen LogP contribution in [0.5, 0.6) is 0 Å². The van der Waals surface area contributed by atoms with Crippen LogP contribution in [0, 0.1) is 0 Å². The summed E-state index contributed by atoms with van der Waals surface area (Å²) >= 11 is 0. The molecule has 0 radical (unpaired) electrons. The summed E-state index contributed by atoms with van der Waals surface area (Å²) in [6.45, 7) is -0.00743. The molecule has 4 nitrogen and oxygen atoms in total. The van der Waals surface area contributed by atoms with Gasteiger partial charge in [-0.05, 0) is 12.1 Å². The quantitative estimate of drug-likeness (QED) is 0.804. The van der Waals surface area contributed by atoms with Gasteiger partial charge in [0.2, 0.25) is 0 Å². The molecule has 15 heavy (non-hydrogen) atoms. The average Bonchev–Trinajstić information content (AvgIpc) is 2.62. The molecule has 5 heteroatoms. The monoisotopic (exact) mass is 225 g/mol. The van der Waals surface area contributed by atoms with Gasteiger partial charge in [0, 0.05) is 11.6 Å². The first-order chi connectivity index (χ1) is 6.81. The number of carbonyl (C=O) groups is 1. The summed E-state index contributed by atoms with van der Waals surface area (Å²) in [6, 6.07) is 9.74. The van der Waals surface area contributed by atoms with Gasteiger partial charge in [0.15, 0.2) is 0 Å². The van der Waals surface area contributed by atoms with Crippen LogP contribution in [-0.4, -0.2) is 17.1 Å². The Morgan fingerprint density at radius 3 is 2.80 bits per heavy atom. The molecule has 0 aliphatic rings. The molecule has 2 rings (SSSR count). The second-order valence-corrected chi connectivity index (χ2v) is 2.98. The largest absolute Gasteiger partial charge is 0.322 e. The summed E-state index contributed by atoms with van der Waals surface area (Å²) < 4.78 is 1.67. The van der Waals surface area contributed by atoms with Gasteiger partial charge in [0.25, 0.3) is 5.91 Å². The number of nitrogens with one attached hydrogen (secondary N) is 1. The van der Waals surface area contributed by atoms with Crippen molar-refractivity contribution in [1.82, 2.24) is 4.68 Å². The number of carbonyl (C=O) groups excluding carboxylic acids is 1. The number of benzene rings is 1. The van der Waals surface area contributed by atoms with Crippen LogP contribution in [0.3, 0.4) is 0 Å². The molecular weight excluding hydrogens is 214 g/mol. The van der Waals surface area contributed by atoms with E-state index in [1.54, 1.807) is 10.9 Å². The third kappa shape index (κ3) is 2.29. The third-order valence-electron chi connectivity index (χ3n) is 2.03. The Balaban J connectivity index is 0.00000112. The zero-order valence-corrected chi connectivity index (χ0v) is 8.83. The number of nitrogens with zero attached hydrogens (tertiary/aromatic N) is 1. The van der Waals surface area contributed by atoms with Crippen molar-refractivity contribution >= 4 is 29.2 Å². The highest BCUT2D eigenvalue weighted by molar-refractivity contribution is 5.88. The molecule has 1 heterocycles. The van der Waals surface area contributed by atoms with E-state index in [2.05, 4.69) is 5.43 Å². The number of rotatable bonds is 2. The van der Waals surface area contributed by atoms with Crippen LogP contribution >= 0.6 is 12.4 Å². The number of para-hydroxylation sites is 1. The molecule has 0 unspecified atom stereocenters. The minimum absolute atomic E-state index is 0. The summed E-state index contributed by atoms with van der Waals surface area (Å²) in [7, 11) is 0. The summed E-state index contributed by atoms with van der Waals surface area (Å²) in [5.74, 6) is -0.202. The van der Waals surface area contributed by atoms with E-state index >= 15 is 0 Å². The maximum absolute atomic E-state index is 11.1. The SMILES string of the molecule is Cl.NCC(=O)Nn1ccc2ccccc21. The first-order valence-corrected chi connectivity index (χ1v) is 4.37. The van der Waals surface area contributed by atoms with Crippen molar-refractivity contribution in [1.29, 1.82) is 0 Å². The molecule has 2 aromatic rings. The molecule has 3 N–H and O–H groups in total. The molecule has 0 saturated heterocycles. The Kier molecular flexibility index (Phi) is 3.71. The number of hydrogen-bond donors (Lipinski definition) is 2. The average molecular weight is 226 g/mol. The molecule has 80 valence electrons. The fraction of sp³-hybridized carbons (Fsp3) is 0.100. The van der Waals surface area contributed by atoms with Gasteiger partial charge in [0.05, 0.1) is 12.1 Å². The van der Waals surface area contributed by atoms with E-state index < -0.39 is 0 Å². The van der Waals surface area contributed by atoms with Gasteiger partial charge >= 0.3 is 0 Å². The topological polar surface area (TPSA) is 60.1 Å². The number of fused-ring (bicyclic) bond motifs is 1. The van der Waals surface area contributed by atoms with Crippen LogP contribution in [0.4, 0.5) is 0 Å². The van der Waals surface area contributed by atoms with Gasteiger partial charge in [-0.15, -0.1) is 12.4 Å². The maximum Gasteiger partial charge on any atom is 0.252 e. The fourth-order valence-electron chi connectivity index (χ4n) is 1.36. The number of halogens is 1. The van der Waals surface area contributed by atoms with Crippen LogP contribution in [0.25, 0.3) is 10.9 Å². The number of aromatic nitrogens is 1. The number of nitrogens with two attached hydrogens (primary N) is 1. The van der Waals surface area contributed by atoms with E-state index in [0.29, 0.717) is 0 Å². The standard InChI is InChI=1S/C10H11N3O.ClH/c11-7-10(14)12-13-6-5-8-3-1-2-4-9(8)13;/h1-6H,7,11H2,(H,12,14);1H. The lowest BCUT2D eigenvalue weighted by Gasteiger charge is -2.05. The van der Waals surface area contributed by atoms with Gasteiger partial charge in [-0.3, -0.25) is 14.9 Å². The molecule has 0 aliphatic heterocycles. The minimum Gasteiger partial charge on any atom is -0.322 e. The van der Waals surface area contributed by atoms with E-state index in [1.165, 1.54) is 0 Å². The Labute approximate surface area is 93.4 Å². The zero-order chi connectivity index (χ0) is 9.97. The molecule has 0 atom stereocenters. The predicted molar refractivity (Wildman–Crippen MR) is 62.6 cm³/mol. The highest BCUT2D eigenvalue weighted by Gasteiger charge is 2.01. The summed E-state index contributed by atoms with van der Waals surface area (Å²) in [5, 5.41) is 1.09. The van der Waals surface area contributed by atoms with Crippen molar-refractivity contribution in [3.05, 3.63) is 36.5 Å². The highest BCUT2D eigenvalue weighted by atomic mass is 35.5. The Morgan fingerprint density at radius 1 is 1.33 bits per heavy atom. The van der Waals surface area contributed by atoms with E-state index in [9.17, 15) is 4.79 Å². The van der Waals surface area contributed by atoms with Crippen molar-refractivity contribution in [3.8, 4) is 0 Å². The van der Waals surface area contributed by atoms with Crippen LogP contribution in [0.15, 0.2) is 36.5 Å². The molecule has 0 saturated carbocycles. The molecule has 0 bridgehead atoms. The minimum atomic E-state index is -0.202. The Hall–Kier alpha value is -1.52. The molecule has 1 aromatic heterocycles. The number of amides is 1. The lowest BCUT2D eigenvalue weighted by Crippen LogP contribution is -2.28. The van der Waals surface area contributed by atoms with E-state index in [4.69, 9.17) is 5.73 Å². The van der Waals surface area contributed by atoms with E-state index in [-0.39, 0.29) is 24.9 Å². The summed E-state index contributed by atoms with van der Waals surface area (Å²) in [6.07, 6.45) is 1.80. The van der Waals surface area contributed by atoms with Crippen molar-refractivity contribution < 1.29 is 4.79 Å². The second kappa shape index (κ2) is 4.82. The van der Waals surface area contributed by atoms with E-state index in [0.717, 1.165) is 10.9 Å². The molecular formula is C10H12ClN3O. The van der Waals surface area contributed by atoms with Gasteiger partial charge in [-0.25, -0.2) is 0 Å². The smallest absolute Gasteiger partial charge is 0.252 e. The predicted octanol–water partition coefficient (Wildman–Crippen LogP) is 1.09. The Bertz CT molecular complexity index is 466. The lowest BCUT2D eigenvalue weighted by molar-refractivity contribution is -0.115. The first-order valence-electron chi connectivity index (χ1n) is 4.37. The molecule has 0 spiro atoms. The lowest BCUT2D eigenvalue weighted by atomic mass is 10.3. The van der Waals surface area contributed by atoms with Crippen LogP contribution in [0.1, 0.15) is 0 Å². The van der Waals surface area contributed by atoms with Crippen molar-refractivity contribution in [2.24, 2.45) is 5.73 Å². The van der Waals surface area contributed by atoms with Gasteiger partial charge < -0.3 is 5.73 Å². The van der Waals surface area contributed by atoms with Crippen molar-refractivity contribution in [2.45, 2.75) is 0 Å². The zero-order valence-electron chi connectivity index (χ0n) is 8.01. The first kappa shape index (κ1) is 11.6. The normalized spacial score (nSPS) is 9.67. The van der Waals surface area contributed by atoms with Gasteiger partial charge in [-0.2, -0.15) is 0 Å². The summed E-state index contributed by atoms with van der Waals surface area (Å²) in [4.78, 5) is 11.1. The van der Waals surface area contributed by atoms with Gasteiger partial charge in [0.1, 0.15) is 0 Å². The number of hydrogen-bond acceptors (Lipinski definition) is 2. The van der Waals surface area contributed by atoms with Crippen molar-refractivity contribution in [2.75, 3.05) is 12.0 Å². The third-order valence-corrected chi connectivity index (χ3v) is 2.03. The van der Waals surface area contributed by atoms with Crippen molar-refractivity contribution in [3.63, 3.8) is 0 Å². The molecule has 0 fully saturated rings. The maximum atomic E-state index is 11.1. The Morgan fingerprint density at radius 2 is 2.07 bits per heavy atom. The second-order valence-electron chi connectivity index (χ2n) is 2.98. The van der Waals surface area contributed by atoms with Gasteiger partial charge in [-0.1, -0.05) is 18.2 Å². The highest BCUT2D eigenvalue weighted by Crippen LogP contribution is 2.12. The summed E-state index contributed by atoms with van der Waals surface area (Å²) in [5.41, 5.74) is 8.84. The van der Waals surface area contributed by atoms with E-state index in [1.807, 2.05) is 30.3 Å². The fourth-order valence-corrected chi connectivity index (χ4v) is 1.36.